The van der Waals surface area contributed by atoms with Gasteiger partial charge in [0.05, 0.1) is 6.04 Å². The number of carbonyl (C=O) groups is 1. The van der Waals surface area contributed by atoms with Crippen molar-refractivity contribution < 1.29 is 13.8 Å². The molecule has 0 saturated carbocycles. The number of amides is 1. The molecule has 9 nitrogen and oxygen atoms in total. The predicted octanol–water partition coefficient (Wildman–Crippen LogP) is 1.54. The van der Waals surface area contributed by atoms with Gasteiger partial charge in [-0.2, -0.15) is 0 Å². The number of nitrogens with zero attached hydrogens (tertiary/aromatic N) is 4. The van der Waals surface area contributed by atoms with E-state index in [9.17, 15) is 4.79 Å². The molecule has 3 heterocycles. The Balaban J connectivity index is 1.45. The third kappa shape index (κ3) is 3.49. The van der Waals surface area contributed by atoms with Gasteiger partial charge in [-0.15, -0.1) is 5.10 Å². The number of thiol groups is 1. The number of H-pyrrole nitrogens is 1. The predicted molar refractivity (Wildman–Crippen MR) is 98.4 cm³/mol. The van der Waals surface area contributed by atoms with Crippen LogP contribution in [0.2, 0.25) is 0 Å². The lowest BCUT2D eigenvalue weighted by molar-refractivity contribution is -0.0531. The summed E-state index contributed by atoms with van der Waals surface area (Å²) in [4.78, 5) is 16.8. The molecule has 2 aliphatic rings. The monoisotopic (exact) mass is 386 g/mol. The molecule has 1 amide bonds. The summed E-state index contributed by atoms with van der Waals surface area (Å²) in [6.45, 7) is 2.07. The molecule has 1 atom stereocenters. The first kappa shape index (κ1) is 17.4. The summed E-state index contributed by atoms with van der Waals surface area (Å²) >= 11 is 3.89. The second-order valence-corrected chi connectivity index (χ2v) is 6.27. The number of aromatic amines is 1. The number of aromatic nitrogens is 3. The molecule has 0 radical (unpaired) electrons. The first-order valence-electron chi connectivity index (χ1n) is 8.35. The Labute approximate surface area is 161 Å². The summed E-state index contributed by atoms with van der Waals surface area (Å²) in [5, 5.41) is 9.87. The number of ether oxygens (including phenoxy) is 1. The van der Waals surface area contributed by atoms with Crippen molar-refractivity contribution in [2.75, 3.05) is 6.73 Å². The van der Waals surface area contributed by atoms with Crippen molar-refractivity contribution in [1.82, 2.24) is 30.7 Å². The number of hydrogen-bond acceptors (Lipinski definition) is 8. The van der Waals surface area contributed by atoms with E-state index in [0.717, 1.165) is 5.56 Å². The Hall–Kier alpha value is -2.98. The normalized spacial score (nSPS) is 18.5. The Bertz CT molecular complexity index is 897. The summed E-state index contributed by atoms with van der Waals surface area (Å²) in [6.07, 6.45) is 4.30. The fourth-order valence-corrected chi connectivity index (χ4v) is 3.10. The van der Waals surface area contributed by atoms with Crippen molar-refractivity contribution in [3.63, 3.8) is 0 Å². The number of hydrogen-bond donors (Lipinski definition) is 3. The van der Waals surface area contributed by atoms with E-state index in [2.05, 4.69) is 33.5 Å². The molecule has 2 aliphatic heterocycles. The van der Waals surface area contributed by atoms with Crippen LogP contribution in [0.3, 0.4) is 0 Å². The number of hydroxylamine groups is 2. The maximum absolute atomic E-state index is 12.5. The zero-order chi connectivity index (χ0) is 18.8. The molecule has 4 rings (SSSR count). The van der Waals surface area contributed by atoms with Gasteiger partial charge in [-0.1, -0.05) is 36.4 Å². The van der Waals surface area contributed by atoms with Crippen molar-refractivity contribution >= 4 is 18.8 Å². The highest BCUT2D eigenvalue weighted by Crippen LogP contribution is 2.30. The quantitative estimate of drug-likeness (QED) is 0.530. The van der Waals surface area contributed by atoms with Crippen molar-refractivity contribution in [2.24, 2.45) is 0 Å². The fourth-order valence-electron chi connectivity index (χ4n) is 2.88. The van der Waals surface area contributed by atoms with Crippen LogP contribution >= 0.6 is 12.9 Å². The maximum atomic E-state index is 12.5. The van der Waals surface area contributed by atoms with Crippen molar-refractivity contribution in [1.29, 1.82) is 0 Å². The van der Waals surface area contributed by atoms with Gasteiger partial charge in [-0.25, -0.2) is 19.3 Å². The fraction of sp³-hybridized carbons (Fsp3) is 0.235. The molecule has 0 bridgehead atoms. The SMILES string of the molecule is C[C@H]1C=CC2=C(N(NC(=O)c3n[nH]c(Cc4ccccc4)n3)CO2)N1OS. The summed E-state index contributed by atoms with van der Waals surface area (Å²) in [6, 6.07) is 9.76. The van der Waals surface area contributed by atoms with Crippen LogP contribution in [0.4, 0.5) is 0 Å². The second-order valence-electron chi connectivity index (χ2n) is 6.11. The number of rotatable bonds is 5. The van der Waals surface area contributed by atoms with Gasteiger partial charge in [-0.3, -0.25) is 15.3 Å². The zero-order valence-electron chi connectivity index (χ0n) is 14.5. The molecule has 2 aromatic rings. The van der Waals surface area contributed by atoms with Gasteiger partial charge in [0.2, 0.25) is 5.82 Å². The van der Waals surface area contributed by atoms with E-state index in [1.54, 1.807) is 0 Å². The zero-order valence-corrected chi connectivity index (χ0v) is 15.4. The van der Waals surface area contributed by atoms with Crippen LogP contribution in [0, 0.1) is 0 Å². The minimum Gasteiger partial charge on any atom is -0.467 e. The van der Waals surface area contributed by atoms with Crippen molar-refractivity contribution in [3.05, 3.63) is 71.3 Å². The average molecular weight is 386 g/mol. The minimum absolute atomic E-state index is 0.0488. The molecule has 0 saturated heterocycles. The molecule has 0 spiro atoms. The highest BCUT2D eigenvalue weighted by Gasteiger charge is 2.35. The summed E-state index contributed by atoms with van der Waals surface area (Å²) in [5.41, 5.74) is 3.81. The molecule has 140 valence electrons. The van der Waals surface area contributed by atoms with Crippen LogP contribution < -0.4 is 5.43 Å². The van der Waals surface area contributed by atoms with Crippen molar-refractivity contribution in [2.45, 2.75) is 19.4 Å². The second kappa shape index (κ2) is 7.33. The first-order valence-corrected chi connectivity index (χ1v) is 8.72. The van der Waals surface area contributed by atoms with Crippen molar-refractivity contribution in [3.8, 4) is 0 Å². The van der Waals surface area contributed by atoms with E-state index in [0.29, 0.717) is 23.8 Å². The largest absolute Gasteiger partial charge is 0.467 e. The summed E-state index contributed by atoms with van der Waals surface area (Å²) in [5.74, 6) is 1.35. The standard InChI is InChI=1S/C17H18N6O3S/c1-11-7-8-13-17(23(11)26-27)22(10-25-13)21-16(24)15-18-14(19-20-15)9-12-5-3-2-4-6-12/h2-8,11,27H,9-10H2,1H3,(H,21,24)(H,18,19,20)/t11-/m0/s1. The number of benzene rings is 1. The van der Waals surface area contributed by atoms with Crippen LogP contribution in [0.15, 0.2) is 54.1 Å². The molecule has 27 heavy (non-hydrogen) atoms. The van der Waals surface area contributed by atoms with Crippen LogP contribution in [0.25, 0.3) is 0 Å². The summed E-state index contributed by atoms with van der Waals surface area (Å²) < 4.78 is 10.7. The van der Waals surface area contributed by atoms with E-state index < -0.39 is 5.91 Å². The number of allylic oxidation sites excluding steroid dienone is 1. The molecular weight excluding hydrogens is 368 g/mol. The molecule has 0 aliphatic carbocycles. The molecule has 0 unspecified atom stereocenters. The molecule has 0 fully saturated rings. The van der Waals surface area contributed by atoms with Gasteiger partial charge in [0.15, 0.2) is 18.3 Å². The number of carbonyl (C=O) groups excluding carboxylic acids is 1. The molecule has 1 aromatic heterocycles. The van der Waals surface area contributed by atoms with Gasteiger partial charge in [0.25, 0.3) is 0 Å². The van der Waals surface area contributed by atoms with E-state index in [4.69, 9.17) is 9.02 Å². The lowest BCUT2D eigenvalue weighted by atomic mass is 10.1. The Morgan fingerprint density at radius 1 is 1.44 bits per heavy atom. The van der Waals surface area contributed by atoms with Crippen LogP contribution in [-0.2, 0) is 15.4 Å². The third-order valence-corrected chi connectivity index (χ3v) is 4.38. The van der Waals surface area contributed by atoms with Gasteiger partial charge >= 0.3 is 5.91 Å². The number of nitrogens with one attached hydrogen (secondary N) is 2. The van der Waals surface area contributed by atoms with Gasteiger partial charge < -0.3 is 4.74 Å². The lowest BCUT2D eigenvalue weighted by Crippen LogP contribution is -2.46. The number of hydrazine groups is 1. The van der Waals surface area contributed by atoms with Crippen LogP contribution in [0.5, 0.6) is 0 Å². The smallest absolute Gasteiger partial charge is 0.309 e. The van der Waals surface area contributed by atoms with E-state index >= 15 is 0 Å². The van der Waals surface area contributed by atoms with Crippen LogP contribution in [-0.4, -0.2) is 43.9 Å². The Morgan fingerprint density at radius 3 is 3.04 bits per heavy atom. The average Bonchev–Trinajstić information content (AvgIpc) is 3.30. The van der Waals surface area contributed by atoms with Crippen LogP contribution in [0.1, 0.15) is 28.9 Å². The molecule has 10 heteroatoms. The first-order chi connectivity index (χ1) is 13.2. The molecule has 1 aromatic carbocycles. The van der Waals surface area contributed by atoms with E-state index in [1.807, 2.05) is 49.4 Å². The van der Waals surface area contributed by atoms with E-state index in [1.165, 1.54) is 10.1 Å². The Kier molecular flexibility index (Phi) is 4.73. The maximum Gasteiger partial charge on any atom is 0.309 e. The Morgan fingerprint density at radius 2 is 2.26 bits per heavy atom. The lowest BCUT2D eigenvalue weighted by Gasteiger charge is -2.32. The minimum atomic E-state index is -0.454. The van der Waals surface area contributed by atoms with Gasteiger partial charge in [0.1, 0.15) is 5.82 Å². The van der Waals surface area contributed by atoms with Gasteiger partial charge in [-0.05, 0) is 18.6 Å². The molecular formula is C17H18N6O3S. The van der Waals surface area contributed by atoms with E-state index in [-0.39, 0.29) is 18.6 Å². The third-order valence-electron chi connectivity index (χ3n) is 4.20. The van der Waals surface area contributed by atoms with Gasteiger partial charge in [0, 0.05) is 19.3 Å². The highest BCUT2D eigenvalue weighted by atomic mass is 32.1. The highest BCUT2D eigenvalue weighted by molar-refractivity contribution is 7.75. The topological polar surface area (TPSA) is 95.6 Å². The summed E-state index contributed by atoms with van der Waals surface area (Å²) in [7, 11) is 0. The molecule has 2 N–H and O–H groups in total.